The third kappa shape index (κ3) is 32.6. The van der Waals surface area contributed by atoms with Gasteiger partial charge in [-0.25, -0.2) is 0 Å². The molecule has 1 rings (SSSR count). The van der Waals surface area contributed by atoms with E-state index in [2.05, 4.69) is 74.6 Å². The maximum absolute atomic E-state index is 7.56. The van der Waals surface area contributed by atoms with Gasteiger partial charge in [0, 0.05) is 0 Å². The van der Waals surface area contributed by atoms with Gasteiger partial charge in [-0.2, -0.15) is 0 Å². The summed E-state index contributed by atoms with van der Waals surface area (Å²) in [5.74, 6) is 0. The van der Waals surface area contributed by atoms with Gasteiger partial charge in [-0.3, -0.25) is 0 Å². The molecule has 0 radical (unpaired) electrons. The van der Waals surface area contributed by atoms with Gasteiger partial charge in [0.1, 0.15) is 0 Å². The molecule has 153 valence electrons. The molecule has 6 nitrogen and oxygen atoms in total. The van der Waals surface area contributed by atoms with Crippen LogP contribution in [0.1, 0.15) is 57.4 Å². The minimum Gasteiger partial charge on any atom is -0.325 e. The van der Waals surface area contributed by atoms with Gasteiger partial charge in [0.05, 0.1) is 0 Å². The Morgan fingerprint density at radius 3 is 1.58 bits per heavy atom. The number of hydrogen-bond donors (Lipinski definition) is 6. The van der Waals surface area contributed by atoms with Crippen LogP contribution in [0.4, 0.5) is 0 Å². The second kappa shape index (κ2) is 16.9. The minimum absolute atomic E-state index is 1.27. The van der Waals surface area contributed by atoms with Crippen molar-refractivity contribution in [1.82, 2.24) is 0 Å². The Balaban J connectivity index is 0. The molecule has 0 spiro atoms. The zero-order valence-corrected chi connectivity index (χ0v) is 20.2. The smallest absolute Gasteiger partial charge is 0.319 e. The van der Waals surface area contributed by atoms with Crippen molar-refractivity contribution in [3.05, 3.63) is 29.8 Å². The molecule has 0 aliphatic carbocycles. The Hall–Kier alpha value is 0.968. The predicted octanol–water partition coefficient (Wildman–Crippen LogP) is 2.53. The Kier molecular flexibility index (Phi) is 18.9. The van der Waals surface area contributed by atoms with Gasteiger partial charge in [-0.15, -0.1) is 0 Å². The number of aryl methyl sites for hydroxylation is 1. The van der Waals surface area contributed by atoms with Crippen molar-refractivity contribution in [2.24, 2.45) is 0 Å². The number of hydrogen-bond acceptors (Lipinski definition) is 2. The maximum Gasteiger partial charge on any atom is 0.319 e. The summed E-state index contributed by atoms with van der Waals surface area (Å²) in [7, 11) is 0. The van der Waals surface area contributed by atoms with Crippen molar-refractivity contribution in [2.75, 3.05) is 0 Å². The van der Waals surface area contributed by atoms with Crippen LogP contribution < -0.4 is 3.95 Å². The largest absolute Gasteiger partial charge is 0.325 e. The minimum atomic E-state index is -3.81. The molecule has 6 N–H and O–H groups in total. The van der Waals surface area contributed by atoms with Crippen molar-refractivity contribution < 1.29 is 49.2 Å². The van der Waals surface area contributed by atoms with Crippen LogP contribution in [0.5, 0.6) is 0 Å². The van der Waals surface area contributed by atoms with E-state index < -0.39 is 13.4 Å². The topological polar surface area (TPSA) is 121 Å². The van der Waals surface area contributed by atoms with Crippen LogP contribution in [0, 0.1) is 0 Å². The van der Waals surface area contributed by atoms with Crippen LogP contribution >= 0.6 is 13.4 Å². The molecule has 0 atom stereocenters. The summed E-state index contributed by atoms with van der Waals surface area (Å²) in [5.41, 5.74) is 1.54. The normalized spacial score (nSPS) is 11.0. The zero-order valence-electron chi connectivity index (χ0n) is 14.8. The molecule has 0 aliphatic heterocycles. The molecular weight excluding hydrogens is 498 g/mol. The summed E-state index contributed by atoms with van der Waals surface area (Å²) in [6.45, 7) is -5.33. The number of benzene rings is 1. The maximum atomic E-state index is 7.56. The summed E-state index contributed by atoms with van der Waals surface area (Å²) >= 11 is 9.35. The van der Waals surface area contributed by atoms with Crippen LogP contribution in [0.25, 0.3) is 0 Å². The van der Waals surface area contributed by atoms with E-state index in [1.165, 1.54) is 55.3 Å². The second-order valence-corrected chi connectivity index (χ2v) is 11.6. The molecule has 0 amide bonds. The van der Waals surface area contributed by atoms with Crippen LogP contribution in [0.3, 0.4) is 0 Å². The third-order valence-corrected chi connectivity index (χ3v) is 4.00. The fourth-order valence-electron chi connectivity index (χ4n) is 1.98. The summed E-state index contributed by atoms with van der Waals surface area (Å²) in [5, 5.41) is 0. The van der Waals surface area contributed by atoms with Gasteiger partial charge in [-0.1, -0.05) is 0 Å². The summed E-state index contributed by atoms with van der Waals surface area (Å²) < 4.78 is 1.46. The van der Waals surface area contributed by atoms with E-state index in [0.29, 0.717) is 0 Å². The average Bonchev–Trinajstić information content (AvgIpc) is 2.45. The van der Waals surface area contributed by atoms with Crippen molar-refractivity contribution in [1.29, 1.82) is 0 Å². The van der Waals surface area contributed by atoms with Crippen molar-refractivity contribution in [3.8, 4) is 0 Å². The Bertz CT molecular complexity index is 528. The van der Waals surface area contributed by atoms with Crippen molar-refractivity contribution in [3.63, 3.8) is 0 Å². The molecule has 0 fully saturated rings. The van der Waals surface area contributed by atoms with Gasteiger partial charge in [0.2, 0.25) is 0 Å². The summed E-state index contributed by atoms with van der Waals surface area (Å²) in [6.07, 6.45) is 11.1. The standard InChI is InChI=1S/C15H23.Mo.2H3O3PS/c1-2-3-4-5-6-7-9-12-15-13-10-8-11-14-15;;2*1-4(2,3)5/h8,10-11,13H,2-7,9,12H2,1H3;;2*(H3,1,2,3,5). The first-order valence-electron chi connectivity index (χ1n) is 8.16. The first-order valence-corrected chi connectivity index (χ1v) is 14.5. The second-order valence-electron chi connectivity index (χ2n) is 5.51. The molecule has 26 heavy (non-hydrogen) atoms. The van der Waals surface area contributed by atoms with Gasteiger partial charge in [0.15, 0.2) is 0 Å². The molecule has 0 saturated carbocycles. The van der Waals surface area contributed by atoms with E-state index >= 15 is 0 Å². The van der Waals surface area contributed by atoms with Crippen LogP contribution in [-0.2, 0) is 49.8 Å². The zero-order chi connectivity index (χ0) is 20.6. The van der Waals surface area contributed by atoms with Gasteiger partial charge in [0.25, 0.3) is 0 Å². The molecule has 0 aromatic heterocycles. The summed E-state index contributed by atoms with van der Waals surface area (Å²) in [4.78, 5) is 45.3. The SMILES string of the molecule is CCCCCCCCCc1cccc[c]1[Mo].OP(O)(O)=S.OP(O)(O)=S. The fraction of sp³-hybridized carbons (Fsp3) is 0.600. The number of rotatable bonds is 8. The Morgan fingerprint density at radius 1 is 0.769 bits per heavy atom. The van der Waals surface area contributed by atoms with E-state index in [1.54, 1.807) is 5.56 Å². The van der Waals surface area contributed by atoms with E-state index in [9.17, 15) is 0 Å². The molecule has 1 aromatic carbocycles. The Morgan fingerprint density at radius 2 is 1.15 bits per heavy atom. The third-order valence-electron chi connectivity index (χ3n) is 3.02. The first kappa shape index (κ1) is 29.2. The van der Waals surface area contributed by atoms with Crippen LogP contribution in [0.2, 0.25) is 0 Å². The van der Waals surface area contributed by atoms with Crippen molar-refractivity contribution in [2.45, 2.75) is 58.3 Å². The molecule has 0 heterocycles. The monoisotopic (exact) mass is 529 g/mol. The molecule has 0 bridgehead atoms. The molecule has 0 saturated heterocycles. The first-order chi connectivity index (χ1) is 11.8. The number of unbranched alkanes of at least 4 members (excludes halogenated alkanes) is 6. The molecule has 0 aliphatic rings. The van der Waals surface area contributed by atoms with E-state index in [0.717, 1.165) is 0 Å². The molecule has 1 aromatic rings. The van der Waals surface area contributed by atoms with Gasteiger partial charge in [-0.05, 0) is 23.6 Å². The van der Waals surface area contributed by atoms with Crippen molar-refractivity contribution >= 4 is 41.0 Å². The van der Waals surface area contributed by atoms with E-state index in [1.807, 2.05) is 0 Å². The van der Waals surface area contributed by atoms with E-state index in [4.69, 9.17) is 29.4 Å². The summed E-state index contributed by atoms with van der Waals surface area (Å²) in [6, 6.07) is 8.79. The molecule has 11 heteroatoms. The average molecular weight is 527 g/mol. The fourth-order valence-corrected chi connectivity index (χ4v) is 2.59. The Labute approximate surface area is 177 Å². The quantitative estimate of drug-likeness (QED) is 0.173. The van der Waals surface area contributed by atoms with Crippen LogP contribution in [-0.4, -0.2) is 29.4 Å². The predicted molar refractivity (Wildman–Crippen MR) is 110 cm³/mol. The van der Waals surface area contributed by atoms with E-state index in [-0.39, 0.29) is 0 Å². The van der Waals surface area contributed by atoms with Crippen LogP contribution in [0.15, 0.2) is 24.3 Å². The van der Waals surface area contributed by atoms with Gasteiger partial charge >= 0.3 is 125 Å². The molecule has 0 unspecified atom stereocenters. The molecular formula is C15H29MoO6P2S2. The van der Waals surface area contributed by atoms with Gasteiger partial charge < -0.3 is 29.4 Å².